The SMILES string of the molecule is O=C(Nc1ccc(C(=O)/C=C/c2cccc3ccccc23)cc1)/C(=C/c1ccc(Cl)cc1)NC(=O)c1ccccc1. The van der Waals surface area contributed by atoms with Gasteiger partial charge in [0.05, 0.1) is 0 Å². The minimum atomic E-state index is -0.515. The molecule has 0 aliphatic rings. The number of hydrogen-bond donors (Lipinski definition) is 2. The van der Waals surface area contributed by atoms with Crippen LogP contribution in [-0.2, 0) is 4.79 Å². The van der Waals surface area contributed by atoms with E-state index in [1.807, 2.05) is 54.6 Å². The summed E-state index contributed by atoms with van der Waals surface area (Å²) < 4.78 is 0. The molecule has 0 saturated carbocycles. The van der Waals surface area contributed by atoms with Gasteiger partial charge in [0, 0.05) is 21.8 Å². The Bertz CT molecular complexity index is 1770. The van der Waals surface area contributed by atoms with E-state index in [4.69, 9.17) is 11.6 Å². The van der Waals surface area contributed by atoms with Crippen molar-refractivity contribution in [3.63, 3.8) is 0 Å². The first-order chi connectivity index (χ1) is 20.0. The second-order valence-corrected chi connectivity index (χ2v) is 9.66. The van der Waals surface area contributed by atoms with Crippen molar-refractivity contribution in [1.29, 1.82) is 0 Å². The molecule has 0 bridgehead atoms. The number of rotatable bonds is 8. The van der Waals surface area contributed by atoms with Gasteiger partial charge in [-0.15, -0.1) is 0 Å². The molecule has 5 aromatic carbocycles. The van der Waals surface area contributed by atoms with Crippen LogP contribution in [0, 0.1) is 0 Å². The van der Waals surface area contributed by atoms with Crippen molar-refractivity contribution in [2.75, 3.05) is 5.32 Å². The number of benzene rings is 5. The first-order valence-corrected chi connectivity index (χ1v) is 13.3. The molecule has 0 heterocycles. The Balaban J connectivity index is 1.31. The third kappa shape index (κ3) is 7.04. The van der Waals surface area contributed by atoms with E-state index in [-0.39, 0.29) is 11.5 Å². The summed E-state index contributed by atoms with van der Waals surface area (Å²) in [6.45, 7) is 0. The summed E-state index contributed by atoms with van der Waals surface area (Å²) in [4.78, 5) is 38.9. The molecular weight excluding hydrogens is 532 g/mol. The molecule has 2 amide bonds. The highest BCUT2D eigenvalue weighted by Crippen LogP contribution is 2.20. The summed E-state index contributed by atoms with van der Waals surface area (Å²) in [5, 5.41) is 8.23. The molecule has 200 valence electrons. The summed E-state index contributed by atoms with van der Waals surface area (Å²) in [5.74, 6) is -1.09. The Kier molecular flexibility index (Phi) is 8.48. The summed E-state index contributed by atoms with van der Waals surface area (Å²) >= 11 is 5.99. The summed E-state index contributed by atoms with van der Waals surface area (Å²) in [6.07, 6.45) is 4.92. The van der Waals surface area contributed by atoms with Crippen LogP contribution in [0.4, 0.5) is 5.69 Å². The van der Waals surface area contributed by atoms with Gasteiger partial charge < -0.3 is 10.6 Å². The number of carbonyl (C=O) groups excluding carboxylic acids is 3. The molecule has 5 nitrogen and oxygen atoms in total. The first-order valence-electron chi connectivity index (χ1n) is 12.9. The number of anilines is 1. The van der Waals surface area contributed by atoms with Gasteiger partial charge in [0.1, 0.15) is 5.70 Å². The molecule has 5 aromatic rings. The minimum Gasteiger partial charge on any atom is -0.321 e. The minimum absolute atomic E-state index is 0.0550. The van der Waals surface area contributed by atoms with Crippen LogP contribution < -0.4 is 10.6 Å². The molecule has 41 heavy (non-hydrogen) atoms. The lowest BCUT2D eigenvalue weighted by molar-refractivity contribution is -0.113. The van der Waals surface area contributed by atoms with Crippen molar-refractivity contribution >= 4 is 57.8 Å². The quantitative estimate of drug-likeness (QED) is 0.151. The van der Waals surface area contributed by atoms with Crippen LogP contribution >= 0.6 is 11.6 Å². The van der Waals surface area contributed by atoms with Crippen molar-refractivity contribution in [2.45, 2.75) is 0 Å². The highest BCUT2D eigenvalue weighted by Gasteiger charge is 2.15. The molecule has 0 atom stereocenters. The Morgan fingerprint density at radius 1 is 0.659 bits per heavy atom. The van der Waals surface area contributed by atoms with E-state index in [9.17, 15) is 14.4 Å². The Morgan fingerprint density at radius 2 is 1.34 bits per heavy atom. The molecule has 2 N–H and O–H groups in total. The monoisotopic (exact) mass is 556 g/mol. The molecule has 0 fully saturated rings. The van der Waals surface area contributed by atoms with Crippen molar-refractivity contribution in [3.8, 4) is 0 Å². The topological polar surface area (TPSA) is 75.3 Å². The van der Waals surface area contributed by atoms with E-state index in [0.717, 1.165) is 16.3 Å². The molecule has 0 unspecified atom stereocenters. The van der Waals surface area contributed by atoms with Crippen LogP contribution in [0.1, 0.15) is 31.8 Å². The van der Waals surface area contributed by atoms with E-state index >= 15 is 0 Å². The molecule has 0 radical (unpaired) electrons. The molecule has 0 aliphatic carbocycles. The largest absolute Gasteiger partial charge is 0.321 e. The van der Waals surface area contributed by atoms with Gasteiger partial charge in [-0.2, -0.15) is 0 Å². The van der Waals surface area contributed by atoms with Gasteiger partial charge in [0.2, 0.25) is 0 Å². The third-order valence-electron chi connectivity index (χ3n) is 6.37. The second kappa shape index (κ2) is 12.7. The lowest BCUT2D eigenvalue weighted by Crippen LogP contribution is -2.30. The van der Waals surface area contributed by atoms with Crippen LogP contribution in [0.25, 0.3) is 22.9 Å². The standard InChI is InChI=1S/C35H25ClN2O3/c36-29-18-13-24(14-19-29)23-32(38-34(40)28-8-2-1-3-9-28)35(41)37-30-20-15-27(16-21-30)33(39)22-17-26-11-6-10-25-7-4-5-12-31(25)26/h1-23H,(H,37,41)(H,38,40)/b22-17+,32-23-. The molecular formula is C35H25ClN2O3. The van der Waals surface area contributed by atoms with Gasteiger partial charge in [0.15, 0.2) is 5.78 Å². The van der Waals surface area contributed by atoms with Gasteiger partial charge in [-0.25, -0.2) is 0 Å². The molecule has 0 aromatic heterocycles. The summed E-state index contributed by atoms with van der Waals surface area (Å²) in [5.41, 5.74) is 3.07. The third-order valence-corrected chi connectivity index (χ3v) is 6.63. The van der Waals surface area contributed by atoms with Crippen LogP contribution in [0.2, 0.25) is 5.02 Å². The van der Waals surface area contributed by atoms with Gasteiger partial charge in [0.25, 0.3) is 11.8 Å². The smallest absolute Gasteiger partial charge is 0.272 e. The van der Waals surface area contributed by atoms with Gasteiger partial charge in [-0.05, 0) is 82.6 Å². The maximum atomic E-state index is 13.2. The first kappa shape index (κ1) is 27.3. The fraction of sp³-hybridized carbons (Fsp3) is 0. The van der Waals surface area contributed by atoms with Crippen LogP contribution in [0.5, 0.6) is 0 Å². The van der Waals surface area contributed by atoms with Crippen LogP contribution in [0.3, 0.4) is 0 Å². The number of allylic oxidation sites excluding steroid dienone is 1. The summed E-state index contributed by atoms with van der Waals surface area (Å²) in [7, 11) is 0. The Morgan fingerprint density at radius 3 is 2.10 bits per heavy atom. The van der Waals surface area contributed by atoms with Gasteiger partial charge in [-0.3, -0.25) is 14.4 Å². The molecule has 0 spiro atoms. The summed E-state index contributed by atoms with van der Waals surface area (Å²) in [6, 6.07) is 36.1. The molecule has 0 aliphatic heterocycles. The van der Waals surface area contributed by atoms with Gasteiger partial charge >= 0.3 is 0 Å². The lowest BCUT2D eigenvalue weighted by atomic mass is 10.0. The van der Waals surface area contributed by atoms with Crippen molar-refractivity contribution in [2.24, 2.45) is 0 Å². The van der Waals surface area contributed by atoms with E-state index in [1.165, 1.54) is 0 Å². The molecule has 0 saturated heterocycles. The Hall–Kier alpha value is -5.26. The predicted molar refractivity (Wildman–Crippen MR) is 166 cm³/mol. The van der Waals surface area contributed by atoms with Crippen molar-refractivity contribution in [1.82, 2.24) is 5.32 Å². The van der Waals surface area contributed by atoms with Crippen molar-refractivity contribution in [3.05, 3.63) is 160 Å². The zero-order valence-corrected chi connectivity index (χ0v) is 22.6. The van der Waals surface area contributed by atoms with Crippen LogP contribution in [0.15, 0.2) is 133 Å². The zero-order valence-electron chi connectivity index (χ0n) is 21.9. The van der Waals surface area contributed by atoms with E-state index in [2.05, 4.69) is 10.6 Å². The highest BCUT2D eigenvalue weighted by atomic mass is 35.5. The number of halogens is 1. The maximum absolute atomic E-state index is 13.2. The number of ketones is 1. The average Bonchev–Trinajstić information content (AvgIpc) is 3.01. The average molecular weight is 557 g/mol. The zero-order chi connectivity index (χ0) is 28.6. The molecule has 5 rings (SSSR count). The Labute approximate surface area is 242 Å². The maximum Gasteiger partial charge on any atom is 0.272 e. The number of carbonyl (C=O) groups is 3. The van der Waals surface area contributed by atoms with Gasteiger partial charge in [-0.1, -0.05) is 90.5 Å². The van der Waals surface area contributed by atoms with E-state index in [0.29, 0.717) is 27.4 Å². The lowest BCUT2D eigenvalue weighted by Gasteiger charge is -2.12. The molecule has 6 heteroatoms. The number of fused-ring (bicyclic) bond motifs is 1. The van der Waals surface area contributed by atoms with E-state index < -0.39 is 11.8 Å². The fourth-order valence-electron chi connectivity index (χ4n) is 4.24. The fourth-order valence-corrected chi connectivity index (χ4v) is 4.37. The predicted octanol–water partition coefficient (Wildman–Crippen LogP) is 7.80. The van der Waals surface area contributed by atoms with Crippen LogP contribution in [-0.4, -0.2) is 17.6 Å². The highest BCUT2D eigenvalue weighted by molar-refractivity contribution is 6.30. The van der Waals surface area contributed by atoms with Crippen molar-refractivity contribution < 1.29 is 14.4 Å². The second-order valence-electron chi connectivity index (χ2n) is 9.23. The van der Waals surface area contributed by atoms with E-state index in [1.54, 1.807) is 84.9 Å². The number of hydrogen-bond acceptors (Lipinski definition) is 3. The number of amides is 2. The normalized spacial score (nSPS) is 11.4. The number of nitrogens with one attached hydrogen (secondary N) is 2.